The maximum Gasteiger partial charge on any atom is 1.00 e. The molecule has 22 valence electrons. The molecular weight excluding hydrogens is 61.9 g/mol. The second-order valence-corrected chi connectivity index (χ2v) is 0. The first-order chi connectivity index (χ1) is 1.00. The van der Waals surface area contributed by atoms with Crippen LogP contribution in [0.3, 0.4) is 0 Å². The monoisotopic (exact) mass is 70.1 g/mol. The zero-order valence-corrected chi connectivity index (χ0v) is 2.45. The van der Waals surface area contributed by atoms with Crippen molar-refractivity contribution >= 4 is 17.4 Å². The van der Waals surface area contributed by atoms with Crippen LogP contribution in [0.1, 0.15) is 1.43 Å². The van der Waals surface area contributed by atoms with Crippen molar-refractivity contribution in [3.05, 3.63) is 0 Å². The maximum atomic E-state index is 7.00. The van der Waals surface area contributed by atoms with Crippen molar-refractivity contribution in [2.24, 2.45) is 0 Å². The molecule has 0 heterocycles. The molecular formula is CH8AlLiO. The van der Waals surface area contributed by atoms with E-state index in [0.717, 1.165) is 7.11 Å². The summed E-state index contributed by atoms with van der Waals surface area (Å²) in [5, 5.41) is 7.00. The average molecular weight is 70.0 g/mol. The summed E-state index contributed by atoms with van der Waals surface area (Å²) in [7, 11) is 1.00. The molecule has 0 aliphatic rings. The van der Waals surface area contributed by atoms with Gasteiger partial charge in [-0.25, -0.2) is 0 Å². The van der Waals surface area contributed by atoms with E-state index in [4.69, 9.17) is 5.11 Å². The molecule has 0 saturated heterocycles. The summed E-state index contributed by atoms with van der Waals surface area (Å²) in [5.41, 5.74) is 0. The summed E-state index contributed by atoms with van der Waals surface area (Å²) in [5.74, 6) is 0. The fraction of sp³-hybridized carbons (Fsp3) is 1.00. The van der Waals surface area contributed by atoms with Gasteiger partial charge in [-0.15, -0.1) is 0 Å². The van der Waals surface area contributed by atoms with E-state index >= 15 is 0 Å². The molecule has 0 amide bonds. The van der Waals surface area contributed by atoms with Crippen LogP contribution in [-0.2, 0) is 0 Å². The van der Waals surface area contributed by atoms with E-state index in [0.29, 0.717) is 0 Å². The summed E-state index contributed by atoms with van der Waals surface area (Å²) in [4.78, 5) is 0. The standard InChI is InChI=1S/CH4O.Al.Li.4H/c1-2;;;;;;/h2H,1H3;;;;;;/q;;+1;;;;-1. The van der Waals surface area contributed by atoms with Gasteiger partial charge in [-0.2, -0.15) is 0 Å². The molecule has 0 atom stereocenters. The topological polar surface area (TPSA) is 20.2 Å². The minimum Gasteiger partial charge on any atom is -1.00 e. The Kier molecular flexibility index (Phi) is 160. The van der Waals surface area contributed by atoms with Crippen molar-refractivity contribution in [3.63, 3.8) is 0 Å². The third kappa shape index (κ3) is 11.4. The van der Waals surface area contributed by atoms with Crippen LogP contribution in [0.5, 0.6) is 0 Å². The molecule has 0 aliphatic heterocycles. The number of aliphatic hydroxyl groups is 1. The van der Waals surface area contributed by atoms with E-state index in [2.05, 4.69) is 0 Å². The summed E-state index contributed by atoms with van der Waals surface area (Å²) in [6, 6.07) is 0. The van der Waals surface area contributed by atoms with Gasteiger partial charge in [0.1, 0.15) is 0 Å². The Hall–Kier alpha value is 1.09. The van der Waals surface area contributed by atoms with E-state index in [1.165, 1.54) is 0 Å². The number of rotatable bonds is 0. The first-order valence-corrected chi connectivity index (χ1v) is 0.447. The molecule has 0 rings (SSSR count). The van der Waals surface area contributed by atoms with Gasteiger partial charge < -0.3 is 6.53 Å². The molecule has 0 unspecified atom stereocenters. The summed E-state index contributed by atoms with van der Waals surface area (Å²) < 4.78 is 0. The largest absolute Gasteiger partial charge is 1.00 e. The van der Waals surface area contributed by atoms with Crippen molar-refractivity contribution in [1.29, 1.82) is 0 Å². The average Bonchev–Trinajstić information content (AvgIpc) is 1.00. The molecule has 0 saturated carbocycles. The molecule has 0 spiro atoms. The Morgan fingerprint density at radius 1 is 1.50 bits per heavy atom. The molecule has 0 fully saturated rings. The van der Waals surface area contributed by atoms with Gasteiger partial charge in [-0.1, -0.05) is 0 Å². The zero-order chi connectivity index (χ0) is 2.00. The quantitative estimate of drug-likeness (QED) is 0.285. The molecule has 0 aliphatic carbocycles. The van der Waals surface area contributed by atoms with Crippen LogP contribution in [0.15, 0.2) is 0 Å². The first kappa shape index (κ1) is 19.5. The normalized spacial score (nSPS) is 1.50. The maximum absolute atomic E-state index is 7.00. The van der Waals surface area contributed by atoms with Crippen LogP contribution in [-0.4, -0.2) is 29.6 Å². The Balaban J connectivity index is -0.00000000167. The summed E-state index contributed by atoms with van der Waals surface area (Å²) >= 11 is 0. The van der Waals surface area contributed by atoms with Gasteiger partial charge >= 0.3 is 18.9 Å². The van der Waals surface area contributed by atoms with E-state index in [9.17, 15) is 0 Å². The molecule has 1 nitrogen and oxygen atoms in total. The molecule has 0 bridgehead atoms. The van der Waals surface area contributed by atoms with E-state index in [-0.39, 0.29) is 37.6 Å². The van der Waals surface area contributed by atoms with E-state index in [1.54, 1.807) is 0 Å². The second kappa shape index (κ2) is 32.9. The number of aliphatic hydroxyl groups excluding tert-OH is 1. The molecule has 0 aromatic rings. The van der Waals surface area contributed by atoms with Gasteiger partial charge in [0.2, 0.25) is 0 Å². The van der Waals surface area contributed by atoms with Gasteiger partial charge in [-0.3, -0.25) is 0 Å². The Bertz CT molecular complexity index is 11.6. The minimum absolute atomic E-state index is 0. The number of hydrogen-bond donors (Lipinski definition) is 1. The smallest absolute Gasteiger partial charge is 1.00 e. The van der Waals surface area contributed by atoms with Crippen LogP contribution >= 0.6 is 0 Å². The third-order valence-corrected chi connectivity index (χ3v) is 0. The number of hydrogen-bond acceptors (Lipinski definition) is 1. The molecule has 0 radical (unpaired) electrons. The molecule has 4 heavy (non-hydrogen) atoms. The Morgan fingerprint density at radius 2 is 1.50 bits per heavy atom. The second-order valence-electron chi connectivity index (χ2n) is 0. The van der Waals surface area contributed by atoms with Crippen molar-refractivity contribution in [1.82, 2.24) is 0 Å². The Morgan fingerprint density at radius 3 is 1.50 bits per heavy atom. The molecule has 0 aromatic carbocycles. The Labute approximate surface area is 50.2 Å². The van der Waals surface area contributed by atoms with Crippen LogP contribution < -0.4 is 18.9 Å². The van der Waals surface area contributed by atoms with E-state index < -0.39 is 0 Å². The van der Waals surface area contributed by atoms with Crippen LogP contribution in [0, 0.1) is 0 Å². The molecule has 0 aromatic heterocycles. The van der Waals surface area contributed by atoms with E-state index in [1.807, 2.05) is 0 Å². The summed E-state index contributed by atoms with van der Waals surface area (Å²) in [6.07, 6.45) is 0. The fourth-order valence-electron chi connectivity index (χ4n) is 0. The minimum atomic E-state index is 0. The third-order valence-electron chi connectivity index (χ3n) is 0. The van der Waals surface area contributed by atoms with Gasteiger partial charge in [0.25, 0.3) is 0 Å². The molecule has 1 N–H and O–H groups in total. The van der Waals surface area contributed by atoms with Crippen molar-refractivity contribution in [2.75, 3.05) is 7.11 Å². The zero-order valence-electron chi connectivity index (χ0n) is 3.45. The van der Waals surface area contributed by atoms with Gasteiger partial charge in [0.15, 0.2) is 17.4 Å². The molecule has 3 heteroatoms. The van der Waals surface area contributed by atoms with Gasteiger partial charge in [-0.05, 0) is 0 Å². The van der Waals surface area contributed by atoms with Crippen molar-refractivity contribution < 1.29 is 25.4 Å². The van der Waals surface area contributed by atoms with Crippen LogP contribution in [0.2, 0.25) is 0 Å². The van der Waals surface area contributed by atoms with Crippen molar-refractivity contribution in [3.8, 4) is 0 Å². The first-order valence-electron chi connectivity index (χ1n) is 0.447. The predicted molar refractivity (Wildman–Crippen MR) is 19.2 cm³/mol. The van der Waals surface area contributed by atoms with Crippen molar-refractivity contribution in [2.45, 2.75) is 0 Å². The van der Waals surface area contributed by atoms with Crippen LogP contribution in [0.4, 0.5) is 0 Å². The fourth-order valence-corrected chi connectivity index (χ4v) is 0. The van der Waals surface area contributed by atoms with Gasteiger partial charge in [0, 0.05) is 7.11 Å². The predicted octanol–water partition coefficient (Wildman–Crippen LogP) is -4.46. The SMILES string of the molecule is CO.[AlH3].[H-].[Li+]. The van der Waals surface area contributed by atoms with Crippen LogP contribution in [0.25, 0.3) is 0 Å². The van der Waals surface area contributed by atoms with Gasteiger partial charge in [0.05, 0.1) is 0 Å². The summed E-state index contributed by atoms with van der Waals surface area (Å²) in [6.45, 7) is 0.